The molecular formula is C15H17ClFNS. The van der Waals surface area contributed by atoms with Crippen LogP contribution in [0, 0.1) is 5.82 Å². The Balaban J connectivity index is 2.19. The molecular weight excluding hydrogens is 281 g/mol. The van der Waals surface area contributed by atoms with E-state index < -0.39 is 0 Å². The Bertz CT molecular complexity index is 526. The van der Waals surface area contributed by atoms with E-state index >= 15 is 0 Å². The molecule has 1 heterocycles. The molecule has 0 aliphatic heterocycles. The Hall–Kier alpha value is -0.900. The molecule has 0 radical (unpaired) electrons. The first-order chi connectivity index (χ1) is 9.22. The Labute approximate surface area is 122 Å². The van der Waals surface area contributed by atoms with E-state index in [2.05, 4.69) is 12.2 Å². The van der Waals surface area contributed by atoms with Gasteiger partial charge in [-0.25, -0.2) is 4.39 Å². The van der Waals surface area contributed by atoms with Gasteiger partial charge in [0.2, 0.25) is 0 Å². The van der Waals surface area contributed by atoms with Crippen LogP contribution in [0.5, 0.6) is 0 Å². The molecule has 1 N–H and O–H groups in total. The van der Waals surface area contributed by atoms with Crippen molar-refractivity contribution in [2.24, 2.45) is 0 Å². The fourth-order valence-corrected chi connectivity index (χ4v) is 3.28. The second-order valence-electron chi connectivity index (χ2n) is 4.44. The predicted octanol–water partition coefficient (Wildman–Crippen LogP) is 4.82. The van der Waals surface area contributed by atoms with Gasteiger partial charge in [0.15, 0.2) is 0 Å². The van der Waals surface area contributed by atoms with Gasteiger partial charge in [0.1, 0.15) is 5.82 Å². The SMILES string of the molecule is CCCNC(Cc1ccccc1F)c1sccc1Cl. The lowest BCUT2D eigenvalue weighted by Crippen LogP contribution is -2.23. The van der Waals surface area contributed by atoms with Gasteiger partial charge in [-0.05, 0) is 42.5 Å². The fraction of sp³-hybridized carbons (Fsp3) is 0.333. The third-order valence-corrected chi connectivity index (χ3v) is 4.46. The predicted molar refractivity (Wildman–Crippen MR) is 80.5 cm³/mol. The summed E-state index contributed by atoms with van der Waals surface area (Å²) in [5.41, 5.74) is 0.723. The monoisotopic (exact) mass is 297 g/mol. The topological polar surface area (TPSA) is 12.0 Å². The van der Waals surface area contributed by atoms with Crippen molar-refractivity contribution in [2.75, 3.05) is 6.54 Å². The van der Waals surface area contributed by atoms with E-state index in [1.807, 2.05) is 23.6 Å². The molecule has 0 fully saturated rings. The second kappa shape index (κ2) is 7.04. The first kappa shape index (κ1) is 14.5. The quantitative estimate of drug-likeness (QED) is 0.806. The summed E-state index contributed by atoms with van der Waals surface area (Å²) in [4.78, 5) is 1.08. The van der Waals surface area contributed by atoms with Crippen LogP contribution in [0.25, 0.3) is 0 Å². The minimum absolute atomic E-state index is 0.0735. The van der Waals surface area contributed by atoms with Gasteiger partial charge in [0, 0.05) is 10.9 Å². The van der Waals surface area contributed by atoms with Crippen LogP contribution in [-0.2, 0) is 6.42 Å². The summed E-state index contributed by atoms with van der Waals surface area (Å²) in [6.07, 6.45) is 1.66. The Kier molecular flexibility index (Phi) is 5.37. The van der Waals surface area contributed by atoms with E-state index in [-0.39, 0.29) is 11.9 Å². The first-order valence-corrected chi connectivity index (χ1v) is 7.67. The highest BCUT2D eigenvalue weighted by Gasteiger charge is 2.17. The zero-order chi connectivity index (χ0) is 13.7. The van der Waals surface area contributed by atoms with Crippen molar-refractivity contribution < 1.29 is 4.39 Å². The van der Waals surface area contributed by atoms with Crippen LogP contribution in [0.1, 0.15) is 29.8 Å². The highest BCUT2D eigenvalue weighted by Crippen LogP contribution is 2.31. The molecule has 0 saturated carbocycles. The normalized spacial score (nSPS) is 12.6. The van der Waals surface area contributed by atoms with E-state index in [1.165, 1.54) is 6.07 Å². The Morgan fingerprint density at radius 1 is 1.32 bits per heavy atom. The van der Waals surface area contributed by atoms with E-state index in [0.717, 1.165) is 28.4 Å². The molecule has 0 aliphatic rings. The molecule has 1 aromatic heterocycles. The van der Waals surface area contributed by atoms with Gasteiger partial charge in [0.25, 0.3) is 0 Å². The van der Waals surface area contributed by atoms with Gasteiger partial charge < -0.3 is 5.32 Å². The lowest BCUT2D eigenvalue weighted by Gasteiger charge is -2.18. The maximum atomic E-state index is 13.8. The number of nitrogens with one attached hydrogen (secondary N) is 1. The zero-order valence-corrected chi connectivity index (χ0v) is 12.4. The second-order valence-corrected chi connectivity index (χ2v) is 5.79. The van der Waals surface area contributed by atoms with Crippen molar-refractivity contribution in [3.05, 3.63) is 57.0 Å². The van der Waals surface area contributed by atoms with Crippen molar-refractivity contribution in [3.63, 3.8) is 0 Å². The van der Waals surface area contributed by atoms with Crippen molar-refractivity contribution >= 4 is 22.9 Å². The van der Waals surface area contributed by atoms with Crippen LogP contribution in [-0.4, -0.2) is 6.54 Å². The molecule has 1 atom stereocenters. The summed E-state index contributed by atoms with van der Waals surface area (Å²) < 4.78 is 13.8. The highest BCUT2D eigenvalue weighted by molar-refractivity contribution is 7.10. The van der Waals surface area contributed by atoms with Crippen LogP contribution in [0.4, 0.5) is 4.39 Å². The Morgan fingerprint density at radius 3 is 2.74 bits per heavy atom. The molecule has 1 aromatic carbocycles. The molecule has 0 saturated heterocycles. The van der Waals surface area contributed by atoms with Crippen LogP contribution in [0.15, 0.2) is 35.7 Å². The maximum Gasteiger partial charge on any atom is 0.126 e. The third kappa shape index (κ3) is 3.78. The minimum Gasteiger partial charge on any atom is -0.309 e. The number of benzene rings is 1. The fourth-order valence-electron chi connectivity index (χ4n) is 2.01. The first-order valence-electron chi connectivity index (χ1n) is 6.42. The van der Waals surface area contributed by atoms with Crippen LogP contribution < -0.4 is 5.32 Å². The molecule has 4 heteroatoms. The largest absolute Gasteiger partial charge is 0.309 e. The van der Waals surface area contributed by atoms with Crippen molar-refractivity contribution in [2.45, 2.75) is 25.8 Å². The summed E-state index contributed by atoms with van der Waals surface area (Å²) in [5, 5.41) is 6.18. The van der Waals surface area contributed by atoms with E-state index in [9.17, 15) is 4.39 Å². The summed E-state index contributed by atoms with van der Waals surface area (Å²) in [6.45, 7) is 3.01. The molecule has 2 rings (SSSR count). The van der Waals surface area contributed by atoms with E-state index in [0.29, 0.717) is 6.42 Å². The van der Waals surface area contributed by atoms with Gasteiger partial charge in [0.05, 0.1) is 5.02 Å². The lowest BCUT2D eigenvalue weighted by atomic mass is 10.0. The summed E-state index contributed by atoms with van der Waals surface area (Å²) in [6, 6.07) is 8.88. The molecule has 0 bridgehead atoms. The van der Waals surface area contributed by atoms with Gasteiger partial charge in [-0.1, -0.05) is 36.7 Å². The highest BCUT2D eigenvalue weighted by atomic mass is 35.5. The van der Waals surface area contributed by atoms with E-state index in [1.54, 1.807) is 17.4 Å². The van der Waals surface area contributed by atoms with Gasteiger partial charge in [-0.2, -0.15) is 0 Å². The maximum absolute atomic E-state index is 13.8. The number of hydrogen-bond acceptors (Lipinski definition) is 2. The molecule has 2 aromatic rings. The van der Waals surface area contributed by atoms with Gasteiger partial charge >= 0.3 is 0 Å². The van der Waals surface area contributed by atoms with Crippen LogP contribution >= 0.6 is 22.9 Å². The van der Waals surface area contributed by atoms with Gasteiger partial charge in [-0.15, -0.1) is 11.3 Å². The van der Waals surface area contributed by atoms with Crippen molar-refractivity contribution in [1.82, 2.24) is 5.32 Å². The number of rotatable bonds is 6. The molecule has 0 aliphatic carbocycles. The average Bonchev–Trinajstić information content (AvgIpc) is 2.83. The number of halogens is 2. The lowest BCUT2D eigenvalue weighted by molar-refractivity contribution is 0.519. The van der Waals surface area contributed by atoms with E-state index in [4.69, 9.17) is 11.6 Å². The molecule has 1 unspecified atom stereocenters. The summed E-state index contributed by atoms with van der Waals surface area (Å²) in [5.74, 6) is -0.154. The summed E-state index contributed by atoms with van der Waals surface area (Å²) in [7, 11) is 0. The van der Waals surface area contributed by atoms with Crippen molar-refractivity contribution in [3.8, 4) is 0 Å². The standard InChI is InChI=1S/C15H17ClFNS/c1-2-8-18-14(15-12(16)7-9-19-15)10-11-5-3-4-6-13(11)17/h3-7,9,14,18H,2,8,10H2,1H3. The molecule has 0 spiro atoms. The molecule has 19 heavy (non-hydrogen) atoms. The molecule has 0 amide bonds. The third-order valence-electron chi connectivity index (χ3n) is 2.98. The number of thiophene rings is 1. The molecule has 102 valence electrons. The van der Waals surface area contributed by atoms with Crippen LogP contribution in [0.2, 0.25) is 5.02 Å². The van der Waals surface area contributed by atoms with Crippen molar-refractivity contribution in [1.29, 1.82) is 0 Å². The molecule has 1 nitrogen and oxygen atoms in total. The number of hydrogen-bond donors (Lipinski definition) is 1. The van der Waals surface area contributed by atoms with Gasteiger partial charge in [-0.3, -0.25) is 0 Å². The van der Waals surface area contributed by atoms with Crippen LogP contribution in [0.3, 0.4) is 0 Å². The Morgan fingerprint density at radius 2 is 2.11 bits per heavy atom. The summed E-state index contributed by atoms with van der Waals surface area (Å²) >= 11 is 7.81. The minimum atomic E-state index is -0.154. The smallest absolute Gasteiger partial charge is 0.126 e. The average molecular weight is 298 g/mol. The zero-order valence-electron chi connectivity index (χ0n) is 10.8.